The summed E-state index contributed by atoms with van der Waals surface area (Å²) in [6.45, 7) is -0.0424. The summed E-state index contributed by atoms with van der Waals surface area (Å²) in [5.41, 5.74) is 1.44. The van der Waals surface area contributed by atoms with Gasteiger partial charge in [0.05, 0.1) is 26.5 Å². The molecule has 1 fully saturated rings. The van der Waals surface area contributed by atoms with Gasteiger partial charge in [0.2, 0.25) is 0 Å². The third-order valence-electron chi connectivity index (χ3n) is 4.89. The average Bonchev–Trinajstić information content (AvgIpc) is 3.04. The highest BCUT2D eigenvalue weighted by Crippen LogP contribution is 2.36. The number of hydrogen-bond acceptors (Lipinski definition) is 4. The quantitative estimate of drug-likeness (QED) is 0.267. The Kier molecular flexibility index (Phi) is 7.90. The van der Waals surface area contributed by atoms with Crippen LogP contribution in [0.4, 0.5) is 9.18 Å². The van der Waals surface area contributed by atoms with E-state index in [9.17, 15) is 14.0 Å². The van der Waals surface area contributed by atoms with E-state index in [2.05, 4.69) is 15.9 Å². The summed E-state index contributed by atoms with van der Waals surface area (Å²) in [6.07, 6.45) is 1.57. The molecule has 0 spiro atoms. The van der Waals surface area contributed by atoms with Crippen molar-refractivity contribution in [1.29, 1.82) is 0 Å². The zero-order chi connectivity index (χ0) is 24.4. The number of nitrogens with zero attached hydrogens (tertiary/aromatic N) is 1. The lowest BCUT2D eigenvalue weighted by Crippen LogP contribution is -2.27. The van der Waals surface area contributed by atoms with Crippen LogP contribution in [0.1, 0.15) is 16.7 Å². The van der Waals surface area contributed by atoms with Crippen LogP contribution in [-0.2, 0) is 17.9 Å². The van der Waals surface area contributed by atoms with Crippen LogP contribution in [0.25, 0.3) is 6.08 Å². The second kappa shape index (κ2) is 10.7. The van der Waals surface area contributed by atoms with Gasteiger partial charge in [-0.3, -0.25) is 14.5 Å². The van der Waals surface area contributed by atoms with Crippen LogP contribution in [0.5, 0.6) is 5.75 Å². The van der Waals surface area contributed by atoms with Gasteiger partial charge in [0.1, 0.15) is 18.2 Å². The minimum Gasteiger partial charge on any atom is -0.488 e. The first-order valence-electron chi connectivity index (χ1n) is 9.77. The molecule has 1 aliphatic rings. The highest BCUT2D eigenvalue weighted by atomic mass is 79.9. The van der Waals surface area contributed by atoms with Crippen molar-refractivity contribution in [3.63, 3.8) is 0 Å². The average molecular weight is 602 g/mol. The predicted molar refractivity (Wildman–Crippen MR) is 138 cm³/mol. The lowest BCUT2D eigenvalue weighted by atomic mass is 10.1. The number of ether oxygens (including phenoxy) is 1. The number of halogens is 5. The van der Waals surface area contributed by atoms with Gasteiger partial charge < -0.3 is 4.74 Å². The van der Waals surface area contributed by atoms with Gasteiger partial charge >= 0.3 is 0 Å². The van der Waals surface area contributed by atoms with Gasteiger partial charge in [-0.15, -0.1) is 0 Å². The van der Waals surface area contributed by atoms with E-state index in [1.807, 2.05) is 0 Å². The molecule has 0 aliphatic carbocycles. The summed E-state index contributed by atoms with van der Waals surface area (Å²) in [5, 5.41) is 0.575. The Labute approximate surface area is 222 Å². The molecular formula is C24H14BrCl3FNO3S. The molecular weight excluding hydrogens is 588 g/mol. The molecule has 0 aromatic heterocycles. The predicted octanol–water partition coefficient (Wildman–Crippen LogP) is 8.36. The van der Waals surface area contributed by atoms with Gasteiger partial charge in [0.25, 0.3) is 11.1 Å². The summed E-state index contributed by atoms with van der Waals surface area (Å²) in [6, 6.07) is 14.5. The lowest BCUT2D eigenvalue weighted by Gasteiger charge is -2.13. The van der Waals surface area contributed by atoms with Crippen molar-refractivity contribution in [3.05, 3.63) is 102 Å². The van der Waals surface area contributed by atoms with Gasteiger partial charge in [-0.2, -0.15) is 0 Å². The second-order valence-electron chi connectivity index (χ2n) is 7.19. The SMILES string of the molecule is O=C1S/C(=C\c2cc(Br)ccc2OCc2c(F)cccc2Cl)C(=O)N1Cc1ccc(Cl)c(Cl)c1. The number of amides is 2. The highest BCUT2D eigenvalue weighted by Gasteiger charge is 2.35. The molecule has 1 heterocycles. The number of carbonyl (C=O) groups is 2. The van der Waals surface area contributed by atoms with Gasteiger partial charge in [0.15, 0.2) is 0 Å². The fraction of sp³-hybridized carbons (Fsp3) is 0.0833. The Bertz CT molecular complexity index is 1310. The third kappa shape index (κ3) is 5.61. The van der Waals surface area contributed by atoms with Crippen molar-refractivity contribution < 1.29 is 18.7 Å². The van der Waals surface area contributed by atoms with Crippen molar-refractivity contribution in [2.45, 2.75) is 13.2 Å². The van der Waals surface area contributed by atoms with Crippen LogP contribution >= 0.6 is 62.5 Å². The minimum atomic E-state index is -0.477. The van der Waals surface area contributed by atoms with E-state index in [4.69, 9.17) is 39.5 Å². The Morgan fingerprint density at radius 2 is 1.79 bits per heavy atom. The van der Waals surface area contributed by atoms with Gasteiger partial charge in [-0.05, 0) is 65.9 Å². The Balaban J connectivity index is 1.57. The molecule has 3 aromatic rings. The topological polar surface area (TPSA) is 46.6 Å². The summed E-state index contributed by atoms with van der Waals surface area (Å²) in [5.74, 6) is -0.516. The Hall–Kier alpha value is -2.03. The number of imide groups is 1. The molecule has 4 rings (SSSR count). The maximum Gasteiger partial charge on any atom is 0.293 e. The van der Waals surface area contributed by atoms with E-state index < -0.39 is 17.0 Å². The fourth-order valence-corrected chi connectivity index (χ4v) is 4.93. The third-order valence-corrected chi connectivity index (χ3v) is 7.38. The van der Waals surface area contributed by atoms with E-state index in [0.717, 1.165) is 21.1 Å². The van der Waals surface area contributed by atoms with Crippen LogP contribution in [0.2, 0.25) is 15.1 Å². The molecule has 34 heavy (non-hydrogen) atoms. The molecule has 0 bridgehead atoms. The zero-order valence-corrected chi connectivity index (χ0v) is 21.8. The maximum absolute atomic E-state index is 14.1. The van der Waals surface area contributed by atoms with Crippen LogP contribution < -0.4 is 4.74 Å². The molecule has 1 saturated heterocycles. The number of carbonyl (C=O) groups excluding carboxylic acids is 2. The Morgan fingerprint density at radius 3 is 2.53 bits per heavy atom. The zero-order valence-electron chi connectivity index (χ0n) is 17.2. The molecule has 3 aromatic carbocycles. The van der Waals surface area contributed by atoms with Crippen LogP contribution in [-0.4, -0.2) is 16.0 Å². The first-order valence-corrected chi connectivity index (χ1v) is 12.5. The molecule has 0 saturated carbocycles. The van der Waals surface area contributed by atoms with Gasteiger partial charge in [0, 0.05) is 15.6 Å². The number of rotatable bonds is 6. The lowest BCUT2D eigenvalue weighted by molar-refractivity contribution is -0.123. The minimum absolute atomic E-state index is 0.0620. The molecule has 174 valence electrons. The molecule has 0 N–H and O–H groups in total. The summed E-state index contributed by atoms with van der Waals surface area (Å²) >= 11 is 22.3. The monoisotopic (exact) mass is 599 g/mol. The molecule has 0 atom stereocenters. The summed E-state index contributed by atoms with van der Waals surface area (Å²) in [4.78, 5) is 26.9. The normalized spacial score (nSPS) is 14.9. The molecule has 1 aliphatic heterocycles. The first-order chi connectivity index (χ1) is 16.2. The maximum atomic E-state index is 14.1. The van der Waals surface area contributed by atoms with Crippen molar-refractivity contribution in [2.75, 3.05) is 0 Å². The number of benzene rings is 3. The number of thioether (sulfide) groups is 1. The van der Waals surface area contributed by atoms with E-state index in [-0.39, 0.29) is 28.6 Å². The smallest absolute Gasteiger partial charge is 0.293 e. The molecule has 0 unspecified atom stereocenters. The molecule has 10 heteroatoms. The molecule has 0 radical (unpaired) electrons. The van der Waals surface area contributed by atoms with Crippen molar-refractivity contribution in [1.82, 2.24) is 4.90 Å². The number of hydrogen-bond donors (Lipinski definition) is 0. The van der Waals surface area contributed by atoms with E-state index >= 15 is 0 Å². The highest BCUT2D eigenvalue weighted by molar-refractivity contribution is 9.10. The standard InChI is InChI=1S/C24H14BrCl3FNO3S/c25-15-5-7-21(33-12-16-17(26)2-1-3-20(16)29)14(9-15)10-22-23(31)30(24(32)34-22)11-13-4-6-18(27)19(28)8-13/h1-10H,11-12H2/b22-10-. The second-order valence-corrected chi connectivity index (χ2v) is 10.3. The van der Waals surface area contributed by atoms with Crippen LogP contribution in [0, 0.1) is 5.82 Å². The van der Waals surface area contributed by atoms with Crippen molar-refractivity contribution in [2.24, 2.45) is 0 Å². The van der Waals surface area contributed by atoms with E-state index in [1.54, 1.807) is 48.5 Å². The first kappa shape index (κ1) is 25.1. The summed E-state index contributed by atoms with van der Waals surface area (Å²) < 4.78 is 20.7. The molecule has 4 nitrogen and oxygen atoms in total. The summed E-state index contributed by atoms with van der Waals surface area (Å²) in [7, 11) is 0. The van der Waals surface area contributed by atoms with Gasteiger partial charge in [-0.25, -0.2) is 4.39 Å². The van der Waals surface area contributed by atoms with Crippen LogP contribution in [0.3, 0.4) is 0 Å². The van der Waals surface area contributed by atoms with Crippen molar-refractivity contribution >= 4 is 79.7 Å². The van der Waals surface area contributed by atoms with Gasteiger partial charge in [-0.1, -0.05) is 62.9 Å². The van der Waals surface area contributed by atoms with E-state index in [1.165, 1.54) is 12.1 Å². The molecule has 2 amide bonds. The largest absolute Gasteiger partial charge is 0.488 e. The van der Waals surface area contributed by atoms with E-state index in [0.29, 0.717) is 26.9 Å². The fourth-order valence-electron chi connectivity index (χ4n) is 3.18. The van der Waals surface area contributed by atoms with Crippen molar-refractivity contribution in [3.8, 4) is 5.75 Å². The Morgan fingerprint density at radius 1 is 1.00 bits per heavy atom. The van der Waals surface area contributed by atoms with Crippen LogP contribution in [0.15, 0.2) is 64.0 Å².